The summed E-state index contributed by atoms with van der Waals surface area (Å²) in [6.07, 6.45) is 2.60. The summed E-state index contributed by atoms with van der Waals surface area (Å²) in [4.78, 5) is 0. The minimum absolute atomic E-state index is 0.663. The number of fused-ring (bicyclic) bond motifs is 2. The van der Waals surface area contributed by atoms with Crippen molar-refractivity contribution in [1.82, 2.24) is 0 Å². The van der Waals surface area contributed by atoms with Crippen LogP contribution in [0.25, 0.3) is 21.5 Å². The second kappa shape index (κ2) is 5.49. The third-order valence-electron chi connectivity index (χ3n) is 5.68. The molecular formula is C24H20. The van der Waals surface area contributed by atoms with E-state index in [0.717, 1.165) is 0 Å². The minimum atomic E-state index is 0.663. The molecule has 24 heavy (non-hydrogen) atoms. The lowest BCUT2D eigenvalue weighted by Gasteiger charge is -2.38. The molecule has 0 unspecified atom stereocenters. The van der Waals surface area contributed by atoms with Gasteiger partial charge in [0.05, 0.1) is 0 Å². The summed E-state index contributed by atoms with van der Waals surface area (Å²) in [5.74, 6) is 1.33. The molecule has 2 atom stereocenters. The average molecular weight is 308 g/mol. The van der Waals surface area contributed by atoms with E-state index in [0.29, 0.717) is 11.8 Å². The van der Waals surface area contributed by atoms with Crippen molar-refractivity contribution in [2.45, 2.75) is 24.7 Å². The lowest BCUT2D eigenvalue weighted by molar-refractivity contribution is 0.347. The molecule has 0 aromatic heterocycles. The Hall–Kier alpha value is -2.60. The third kappa shape index (κ3) is 2.22. The van der Waals surface area contributed by atoms with E-state index in [1.807, 2.05) is 0 Å². The molecule has 1 aliphatic rings. The molecule has 4 aromatic rings. The highest BCUT2D eigenvalue weighted by atomic mass is 14.4. The summed E-state index contributed by atoms with van der Waals surface area (Å²) in [5, 5.41) is 5.39. The van der Waals surface area contributed by atoms with Crippen LogP contribution in [-0.4, -0.2) is 0 Å². The molecule has 0 bridgehead atoms. The molecule has 0 nitrogen and oxygen atoms in total. The van der Waals surface area contributed by atoms with Crippen molar-refractivity contribution in [2.24, 2.45) is 0 Å². The van der Waals surface area contributed by atoms with Gasteiger partial charge < -0.3 is 0 Å². The first-order valence-electron chi connectivity index (χ1n) is 8.86. The van der Waals surface area contributed by atoms with Gasteiger partial charge in [-0.15, -0.1) is 0 Å². The predicted molar refractivity (Wildman–Crippen MR) is 103 cm³/mol. The number of rotatable bonds is 2. The Morgan fingerprint density at radius 2 is 0.875 bits per heavy atom. The molecule has 1 aliphatic carbocycles. The lowest BCUT2D eigenvalue weighted by Crippen LogP contribution is -2.21. The largest absolute Gasteiger partial charge is 0.0616 e. The van der Waals surface area contributed by atoms with Gasteiger partial charge in [-0.25, -0.2) is 0 Å². The van der Waals surface area contributed by atoms with Gasteiger partial charge in [0, 0.05) is 0 Å². The summed E-state index contributed by atoms with van der Waals surface area (Å²) in [6, 6.07) is 31.3. The highest BCUT2D eigenvalue weighted by molar-refractivity contribution is 5.84. The van der Waals surface area contributed by atoms with Crippen LogP contribution in [0.15, 0.2) is 84.9 Å². The van der Waals surface area contributed by atoms with Crippen molar-refractivity contribution in [3.8, 4) is 0 Å². The molecule has 1 saturated carbocycles. The van der Waals surface area contributed by atoms with Crippen LogP contribution >= 0.6 is 0 Å². The second-order valence-corrected chi connectivity index (χ2v) is 7.00. The van der Waals surface area contributed by atoms with Crippen LogP contribution in [0, 0.1) is 0 Å². The van der Waals surface area contributed by atoms with E-state index in [9.17, 15) is 0 Å². The van der Waals surface area contributed by atoms with Crippen LogP contribution in [0.4, 0.5) is 0 Å². The van der Waals surface area contributed by atoms with Crippen LogP contribution in [0.5, 0.6) is 0 Å². The van der Waals surface area contributed by atoms with Crippen molar-refractivity contribution in [2.75, 3.05) is 0 Å². The van der Waals surface area contributed by atoms with Crippen molar-refractivity contribution in [3.05, 3.63) is 96.1 Å². The molecule has 0 saturated heterocycles. The van der Waals surface area contributed by atoms with E-state index < -0.39 is 0 Å². The highest BCUT2D eigenvalue weighted by Gasteiger charge is 2.33. The van der Waals surface area contributed by atoms with E-state index in [1.54, 1.807) is 0 Å². The molecule has 0 amide bonds. The van der Waals surface area contributed by atoms with Gasteiger partial charge in [0.15, 0.2) is 0 Å². The number of hydrogen-bond donors (Lipinski definition) is 0. The molecule has 4 aromatic carbocycles. The molecule has 0 heterocycles. The number of hydrogen-bond acceptors (Lipinski definition) is 0. The van der Waals surface area contributed by atoms with Crippen LogP contribution in [0.1, 0.15) is 35.8 Å². The predicted octanol–water partition coefficient (Wildman–Crippen LogP) is 6.65. The molecule has 0 aliphatic heterocycles. The maximum atomic E-state index is 2.40. The van der Waals surface area contributed by atoms with Crippen LogP contribution in [0.2, 0.25) is 0 Å². The van der Waals surface area contributed by atoms with Crippen molar-refractivity contribution >= 4 is 21.5 Å². The molecular weight excluding hydrogens is 288 g/mol. The van der Waals surface area contributed by atoms with E-state index in [-0.39, 0.29) is 0 Å². The van der Waals surface area contributed by atoms with Gasteiger partial charge in [0.1, 0.15) is 0 Å². The fourth-order valence-corrected chi connectivity index (χ4v) is 4.17. The number of benzene rings is 4. The first-order chi connectivity index (χ1) is 11.9. The van der Waals surface area contributed by atoms with Gasteiger partial charge >= 0.3 is 0 Å². The molecule has 0 spiro atoms. The first-order valence-corrected chi connectivity index (χ1v) is 8.86. The summed E-state index contributed by atoms with van der Waals surface area (Å²) < 4.78 is 0. The van der Waals surface area contributed by atoms with Gasteiger partial charge in [-0.05, 0) is 57.3 Å². The van der Waals surface area contributed by atoms with Crippen molar-refractivity contribution < 1.29 is 0 Å². The van der Waals surface area contributed by atoms with Gasteiger partial charge in [-0.3, -0.25) is 0 Å². The third-order valence-corrected chi connectivity index (χ3v) is 5.68. The zero-order valence-electron chi connectivity index (χ0n) is 13.7. The Kier molecular flexibility index (Phi) is 3.16. The Morgan fingerprint density at radius 3 is 1.29 bits per heavy atom. The second-order valence-electron chi connectivity index (χ2n) is 7.00. The molecule has 1 fully saturated rings. The van der Waals surface area contributed by atoms with Crippen LogP contribution in [-0.2, 0) is 0 Å². The fraction of sp³-hybridized carbons (Fsp3) is 0.167. The maximum Gasteiger partial charge on any atom is -0.00926 e. The Labute approximate surface area is 142 Å². The Morgan fingerprint density at radius 1 is 0.458 bits per heavy atom. The van der Waals surface area contributed by atoms with Gasteiger partial charge in [0.2, 0.25) is 0 Å². The molecule has 5 rings (SSSR count). The first kappa shape index (κ1) is 13.8. The summed E-state index contributed by atoms with van der Waals surface area (Å²) in [5.41, 5.74) is 3.00. The quantitative estimate of drug-likeness (QED) is 0.388. The van der Waals surface area contributed by atoms with Crippen molar-refractivity contribution in [1.29, 1.82) is 0 Å². The van der Waals surface area contributed by atoms with Crippen molar-refractivity contribution in [3.63, 3.8) is 0 Å². The van der Waals surface area contributed by atoms with E-state index in [4.69, 9.17) is 0 Å². The standard InChI is InChI=1S/C24H20/c1-3-7-19-15-21(11-9-17(19)5-1)23-13-14-24(23)22-12-10-18-6-2-4-8-20(18)16-22/h1-12,15-16,23-24H,13-14H2/t23-,24-/m1/s1. The van der Waals surface area contributed by atoms with E-state index in [2.05, 4.69) is 84.9 Å². The monoisotopic (exact) mass is 308 g/mol. The van der Waals surface area contributed by atoms with Crippen LogP contribution < -0.4 is 0 Å². The SMILES string of the molecule is c1ccc2cc([C@H]3CC[C@@H]3c3ccc4ccccc4c3)ccc2c1. The van der Waals surface area contributed by atoms with Crippen LogP contribution in [0.3, 0.4) is 0 Å². The van der Waals surface area contributed by atoms with E-state index >= 15 is 0 Å². The highest BCUT2D eigenvalue weighted by Crippen LogP contribution is 2.49. The Bertz CT molecular complexity index is 943. The summed E-state index contributed by atoms with van der Waals surface area (Å²) in [6.45, 7) is 0. The average Bonchev–Trinajstić information content (AvgIpc) is 2.61. The molecule has 0 heteroatoms. The van der Waals surface area contributed by atoms with Gasteiger partial charge in [-0.1, -0.05) is 84.9 Å². The molecule has 0 radical (unpaired) electrons. The molecule has 0 N–H and O–H groups in total. The topological polar surface area (TPSA) is 0 Å². The zero-order valence-corrected chi connectivity index (χ0v) is 13.7. The maximum absolute atomic E-state index is 2.40. The molecule has 116 valence electrons. The Balaban J connectivity index is 1.51. The summed E-state index contributed by atoms with van der Waals surface area (Å²) in [7, 11) is 0. The van der Waals surface area contributed by atoms with Gasteiger partial charge in [-0.2, -0.15) is 0 Å². The smallest absolute Gasteiger partial charge is 0.00926 e. The minimum Gasteiger partial charge on any atom is -0.0616 e. The lowest BCUT2D eigenvalue weighted by atomic mass is 9.66. The fourth-order valence-electron chi connectivity index (χ4n) is 4.17. The summed E-state index contributed by atoms with van der Waals surface area (Å²) >= 11 is 0. The van der Waals surface area contributed by atoms with Gasteiger partial charge in [0.25, 0.3) is 0 Å². The van der Waals surface area contributed by atoms with E-state index in [1.165, 1.54) is 45.5 Å². The zero-order chi connectivity index (χ0) is 15.9. The normalized spacial score (nSPS) is 20.2.